The van der Waals surface area contributed by atoms with Gasteiger partial charge in [0.2, 0.25) is 11.8 Å². The molecule has 202 valence electrons. The molecule has 0 radical (unpaired) electrons. The highest BCUT2D eigenvalue weighted by Crippen LogP contribution is 2.23. The fraction of sp³-hybridized carbons (Fsp3) is 0.241. The number of hydrogen-bond acceptors (Lipinski definition) is 7. The third-order valence-electron chi connectivity index (χ3n) is 6.40. The monoisotopic (exact) mass is 527 g/mol. The summed E-state index contributed by atoms with van der Waals surface area (Å²) in [7, 11) is 0. The molecule has 8 N–H and O–H groups in total. The van der Waals surface area contributed by atoms with E-state index in [0.29, 0.717) is 24.3 Å². The number of pyridine rings is 1. The van der Waals surface area contributed by atoms with Crippen molar-refractivity contribution in [1.82, 2.24) is 15.2 Å². The van der Waals surface area contributed by atoms with E-state index in [9.17, 15) is 14.4 Å². The fourth-order valence-corrected chi connectivity index (χ4v) is 4.37. The fourth-order valence-electron chi connectivity index (χ4n) is 4.37. The number of carbonyl (C=O) groups is 3. The van der Waals surface area contributed by atoms with Crippen LogP contribution in [0.25, 0.3) is 21.7 Å². The number of anilines is 1. The summed E-state index contributed by atoms with van der Waals surface area (Å²) >= 11 is 0. The number of hydrogen-bond donors (Lipinski definition) is 5. The minimum atomic E-state index is -1.17. The Labute approximate surface area is 226 Å². The van der Waals surface area contributed by atoms with Gasteiger partial charge in [-0.3, -0.25) is 19.4 Å². The predicted molar refractivity (Wildman–Crippen MR) is 152 cm³/mol. The zero-order valence-electron chi connectivity index (χ0n) is 21.5. The van der Waals surface area contributed by atoms with E-state index in [2.05, 4.69) is 15.6 Å². The first-order valence-corrected chi connectivity index (χ1v) is 12.8. The van der Waals surface area contributed by atoms with Gasteiger partial charge in [-0.15, -0.1) is 0 Å². The Morgan fingerprint density at radius 1 is 0.821 bits per heavy atom. The van der Waals surface area contributed by atoms with Crippen molar-refractivity contribution in [1.29, 1.82) is 0 Å². The molecule has 0 bridgehead atoms. The number of carbonyl (C=O) groups excluding carboxylic acids is 3. The highest BCUT2D eigenvalue weighted by molar-refractivity contribution is 6.00. The molecule has 39 heavy (non-hydrogen) atoms. The molecule has 3 aromatic carbocycles. The molecular formula is C29H33N7O3. The molecule has 3 amide bonds. The highest BCUT2D eigenvalue weighted by atomic mass is 16.2. The van der Waals surface area contributed by atoms with Crippen molar-refractivity contribution >= 4 is 45.1 Å². The molecule has 0 fully saturated rings. The van der Waals surface area contributed by atoms with Gasteiger partial charge >= 0.3 is 0 Å². The van der Waals surface area contributed by atoms with E-state index < -0.39 is 23.9 Å². The van der Waals surface area contributed by atoms with Crippen LogP contribution in [0, 0.1) is 0 Å². The number of para-hydroxylation sites is 1. The number of fused-ring (bicyclic) bond motifs is 2. The third kappa shape index (κ3) is 6.94. The van der Waals surface area contributed by atoms with E-state index in [1.807, 2.05) is 66.7 Å². The second-order valence-electron chi connectivity index (χ2n) is 9.22. The van der Waals surface area contributed by atoms with E-state index in [-0.39, 0.29) is 25.4 Å². The van der Waals surface area contributed by atoms with Crippen LogP contribution in [0.15, 0.2) is 79.0 Å². The first-order chi connectivity index (χ1) is 18.9. The minimum absolute atomic E-state index is 0.244. The highest BCUT2D eigenvalue weighted by Gasteiger charge is 2.28. The minimum Gasteiger partial charge on any atom is -0.340 e. The quantitative estimate of drug-likeness (QED) is 0.197. The molecule has 1 heterocycles. The number of benzene rings is 3. The molecule has 0 spiro atoms. The normalized spacial score (nSPS) is 12.6. The Kier molecular flexibility index (Phi) is 9.16. The summed E-state index contributed by atoms with van der Waals surface area (Å²) in [5.74, 6) is -1.43. The molecule has 2 atom stereocenters. The third-order valence-corrected chi connectivity index (χ3v) is 6.40. The van der Waals surface area contributed by atoms with Crippen molar-refractivity contribution in [3.05, 3.63) is 84.6 Å². The molecular weight excluding hydrogens is 494 g/mol. The van der Waals surface area contributed by atoms with E-state index >= 15 is 0 Å². The lowest BCUT2D eigenvalue weighted by atomic mass is 10.0. The summed E-state index contributed by atoms with van der Waals surface area (Å²) in [6, 6.07) is 20.4. The van der Waals surface area contributed by atoms with E-state index in [1.54, 1.807) is 12.3 Å². The van der Waals surface area contributed by atoms with Crippen LogP contribution < -0.4 is 27.8 Å². The Balaban J connectivity index is 1.57. The van der Waals surface area contributed by atoms with Gasteiger partial charge in [-0.1, -0.05) is 54.6 Å². The number of rotatable bonds is 11. The topological polar surface area (TPSA) is 169 Å². The predicted octanol–water partition coefficient (Wildman–Crippen LogP) is 1.65. The van der Waals surface area contributed by atoms with Gasteiger partial charge in [0.05, 0.1) is 29.9 Å². The molecule has 0 saturated heterocycles. The second kappa shape index (κ2) is 12.9. The van der Waals surface area contributed by atoms with Gasteiger partial charge in [0, 0.05) is 31.6 Å². The van der Waals surface area contributed by atoms with Gasteiger partial charge in [0.25, 0.3) is 5.91 Å². The SMILES string of the molecule is NCCN(CCN)C(=O)CC(N)C(=O)NC(C(=O)Nc1cnc2ccccc2c1)c1ccc2ccccc2c1. The molecule has 2 unspecified atom stereocenters. The van der Waals surface area contributed by atoms with E-state index in [4.69, 9.17) is 17.2 Å². The Morgan fingerprint density at radius 2 is 1.49 bits per heavy atom. The summed E-state index contributed by atoms with van der Waals surface area (Å²) in [5.41, 5.74) is 19.1. The van der Waals surface area contributed by atoms with Crippen LogP contribution in [-0.4, -0.2) is 59.8 Å². The average molecular weight is 528 g/mol. The molecule has 1 aromatic heterocycles. The number of amides is 3. The lowest BCUT2D eigenvalue weighted by molar-refractivity contribution is -0.134. The molecule has 4 rings (SSSR count). The largest absolute Gasteiger partial charge is 0.340 e. The Hall–Kier alpha value is -4.38. The number of nitrogens with two attached hydrogens (primary N) is 3. The van der Waals surface area contributed by atoms with Gasteiger partial charge in [-0.25, -0.2) is 0 Å². The van der Waals surface area contributed by atoms with E-state index in [0.717, 1.165) is 21.7 Å². The van der Waals surface area contributed by atoms with Gasteiger partial charge in [0.15, 0.2) is 0 Å². The first kappa shape index (κ1) is 27.6. The van der Waals surface area contributed by atoms with Gasteiger partial charge in [-0.05, 0) is 34.5 Å². The van der Waals surface area contributed by atoms with Crippen molar-refractivity contribution < 1.29 is 14.4 Å². The first-order valence-electron chi connectivity index (χ1n) is 12.8. The second-order valence-corrected chi connectivity index (χ2v) is 9.22. The van der Waals surface area contributed by atoms with Crippen molar-refractivity contribution in [3.63, 3.8) is 0 Å². The van der Waals surface area contributed by atoms with Crippen molar-refractivity contribution in [2.75, 3.05) is 31.5 Å². The summed E-state index contributed by atoms with van der Waals surface area (Å²) in [6.07, 6.45) is 1.32. The standard InChI is InChI=1S/C29H33N7O3/c30-11-13-36(14-12-31)26(37)17-24(32)28(38)35-27(22-10-9-19-5-1-2-6-20(19)15-22)29(39)34-23-16-21-7-3-4-8-25(21)33-18-23/h1-10,15-16,18,24,27H,11-14,17,30-32H2,(H,34,39)(H,35,38). The van der Waals surface area contributed by atoms with Crippen LogP contribution in [0.1, 0.15) is 18.0 Å². The van der Waals surface area contributed by atoms with Crippen molar-refractivity contribution in [2.45, 2.75) is 18.5 Å². The summed E-state index contributed by atoms with van der Waals surface area (Å²) < 4.78 is 0. The van der Waals surface area contributed by atoms with Crippen molar-refractivity contribution in [3.8, 4) is 0 Å². The maximum Gasteiger partial charge on any atom is 0.251 e. The summed E-state index contributed by atoms with van der Waals surface area (Å²) in [4.78, 5) is 45.3. The maximum absolute atomic E-state index is 13.5. The zero-order chi connectivity index (χ0) is 27.8. The van der Waals surface area contributed by atoms with Gasteiger partial charge in [0.1, 0.15) is 6.04 Å². The van der Waals surface area contributed by atoms with Crippen molar-refractivity contribution in [2.24, 2.45) is 17.2 Å². The maximum atomic E-state index is 13.5. The Morgan fingerprint density at radius 3 is 2.21 bits per heavy atom. The van der Waals surface area contributed by atoms with Crippen LogP contribution in [0.3, 0.4) is 0 Å². The molecule has 0 aliphatic carbocycles. The van der Waals surface area contributed by atoms with Gasteiger partial charge < -0.3 is 32.7 Å². The molecule has 0 aliphatic heterocycles. The molecule has 0 saturated carbocycles. The Bertz CT molecular complexity index is 1470. The van der Waals surface area contributed by atoms with Crippen LogP contribution in [0.4, 0.5) is 5.69 Å². The smallest absolute Gasteiger partial charge is 0.251 e. The van der Waals surface area contributed by atoms with E-state index in [1.165, 1.54) is 4.90 Å². The molecule has 10 nitrogen and oxygen atoms in total. The van der Waals surface area contributed by atoms with Crippen LogP contribution in [-0.2, 0) is 14.4 Å². The average Bonchev–Trinajstić information content (AvgIpc) is 2.95. The van der Waals surface area contributed by atoms with Gasteiger partial charge in [-0.2, -0.15) is 0 Å². The van der Waals surface area contributed by atoms with Crippen LogP contribution in [0.5, 0.6) is 0 Å². The lowest BCUT2D eigenvalue weighted by Gasteiger charge is -2.24. The number of aromatic nitrogens is 1. The van der Waals surface area contributed by atoms with Crippen LogP contribution >= 0.6 is 0 Å². The molecule has 4 aromatic rings. The number of nitrogens with zero attached hydrogens (tertiary/aromatic N) is 2. The zero-order valence-corrected chi connectivity index (χ0v) is 21.5. The van der Waals surface area contributed by atoms with Crippen LogP contribution in [0.2, 0.25) is 0 Å². The lowest BCUT2D eigenvalue weighted by Crippen LogP contribution is -2.48. The number of nitrogens with one attached hydrogen (secondary N) is 2. The molecule has 0 aliphatic rings. The summed E-state index contributed by atoms with van der Waals surface area (Å²) in [5, 5.41) is 8.37. The molecule has 10 heteroatoms. The summed E-state index contributed by atoms with van der Waals surface area (Å²) in [6.45, 7) is 1.15.